The first-order valence-corrected chi connectivity index (χ1v) is 12.2. The first-order chi connectivity index (χ1) is 15.6. The third-order valence-corrected chi connectivity index (χ3v) is 6.65. The zero-order chi connectivity index (χ0) is 27.4. The van der Waals surface area contributed by atoms with Crippen LogP contribution in [0, 0.1) is 22.7 Å². The molecule has 0 spiro atoms. The van der Waals surface area contributed by atoms with Crippen molar-refractivity contribution in [3.63, 3.8) is 0 Å². The monoisotopic (exact) mass is 474 g/mol. The molecule has 2 aromatic rings. The maximum Gasteiger partial charge on any atom is 0.193 e. The average Bonchev–Trinajstić information content (AvgIpc) is 2.67. The number of nitriles is 2. The van der Waals surface area contributed by atoms with E-state index in [1.807, 2.05) is 83.1 Å². The Bertz CT molecular complexity index is 1040. The number of nitrogens with zero attached hydrogens (tertiary/aromatic N) is 2. The van der Waals surface area contributed by atoms with Crippen LogP contribution in [0.4, 0.5) is 0 Å². The minimum absolute atomic E-state index is 0.204. The number of hydrogen-bond acceptors (Lipinski definition) is 4. The van der Waals surface area contributed by atoms with Crippen LogP contribution >= 0.6 is 0 Å². The highest BCUT2D eigenvalue weighted by Crippen LogP contribution is 2.46. The van der Waals surface area contributed by atoms with Crippen LogP contribution in [0.1, 0.15) is 116 Å². The molecular formula is C31H42N2O2. The molecule has 2 rings (SSSR count). The van der Waals surface area contributed by atoms with E-state index in [1.54, 1.807) is 24.3 Å². The van der Waals surface area contributed by atoms with Crippen molar-refractivity contribution in [3.05, 3.63) is 57.6 Å². The number of hydrogen-bond donors (Lipinski definition) is 2. The summed E-state index contributed by atoms with van der Waals surface area (Å²) in [6, 6.07) is 11.9. The Morgan fingerprint density at radius 3 is 0.829 bits per heavy atom. The van der Waals surface area contributed by atoms with Gasteiger partial charge in [-0.15, -0.1) is 0 Å². The molecule has 0 aromatic heterocycles. The van der Waals surface area contributed by atoms with Crippen molar-refractivity contribution in [2.45, 2.75) is 110 Å². The largest absolute Gasteiger partial charge is 0.507 e. The summed E-state index contributed by atoms with van der Waals surface area (Å²) in [4.78, 5) is 0. The van der Waals surface area contributed by atoms with Crippen molar-refractivity contribution < 1.29 is 10.2 Å². The number of rotatable bonds is 2. The van der Waals surface area contributed by atoms with Crippen molar-refractivity contribution >= 4 is 0 Å². The molecule has 0 aliphatic rings. The van der Waals surface area contributed by atoms with E-state index < -0.39 is 27.1 Å². The van der Waals surface area contributed by atoms with E-state index >= 15 is 0 Å². The molecule has 0 fully saturated rings. The molecular weight excluding hydrogens is 432 g/mol. The van der Waals surface area contributed by atoms with Gasteiger partial charge in [0.15, 0.2) is 5.41 Å². The van der Waals surface area contributed by atoms with Crippen LogP contribution in [-0.4, -0.2) is 10.2 Å². The van der Waals surface area contributed by atoms with Gasteiger partial charge in [-0.1, -0.05) is 83.1 Å². The predicted molar refractivity (Wildman–Crippen MR) is 143 cm³/mol. The molecule has 0 unspecified atom stereocenters. The summed E-state index contributed by atoms with van der Waals surface area (Å²) in [7, 11) is 0. The van der Waals surface area contributed by atoms with Crippen LogP contribution in [0.3, 0.4) is 0 Å². The second-order valence-electron chi connectivity index (χ2n) is 13.8. The van der Waals surface area contributed by atoms with Crippen molar-refractivity contribution in [2.24, 2.45) is 0 Å². The first-order valence-electron chi connectivity index (χ1n) is 12.2. The SMILES string of the molecule is CC(C)(C)c1cc(C(C#N)(C#N)c2cc(C(C)(C)C)c(O)c(C(C)(C)C)c2)cc(C(C)(C)C)c1O. The van der Waals surface area contributed by atoms with Crippen molar-refractivity contribution in [1.29, 1.82) is 10.5 Å². The summed E-state index contributed by atoms with van der Waals surface area (Å²) >= 11 is 0. The lowest BCUT2D eigenvalue weighted by atomic mass is 9.69. The van der Waals surface area contributed by atoms with Crippen molar-refractivity contribution in [1.82, 2.24) is 0 Å². The molecule has 2 N–H and O–H groups in total. The van der Waals surface area contributed by atoms with Gasteiger partial charge < -0.3 is 10.2 Å². The highest BCUT2D eigenvalue weighted by molar-refractivity contribution is 5.62. The molecule has 35 heavy (non-hydrogen) atoms. The standard InChI is InChI=1S/C31H42N2O2/c1-27(2,3)21-13-19(14-22(25(21)34)28(4,5)6)31(17-32,18-33)20-15-23(29(7,8)9)26(35)24(16-20)30(10,11)12/h13-16,34-35H,1-12H3. The minimum atomic E-state index is -1.62. The highest BCUT2D eigenvalue weighted by Gasteiger charge is 2.41. The second-order valence-corrected chi connectivity index (χ2v) is 13.8. The highest BCUT2D eigenvalue weighted by atomic mass is 16.3. The van der Waals surface area contributed by atoms with Gasteiger partial charge >= 0.3 is 0 Å². The van der Waals surface area contributed by atoms with E-state index in [4.69, 9.17) is 0 Å². The topological polar surface area (TPSA) is 88.0 Å². The zero-order valence-corrected chi connectivity index (χ0v) is 23.6. The Morgan fingerprint density at radius 1 is 0.486 bits per heavy atom. The van der Waals surface area contributed by atoms with Gasteiger partial charge in [0.1, 0.15) is 11.5 Å². The summed E-state index contributed by atoms with van der Waals surface area (Å²) in [6.07, 6.45) is 0. The fourth-order valence-electron chi connectivity index (χ4n) is 4.44. The normalized spacial score (nSPS) is 13.3. The number of benzene rings is 2. The number of phenolic OH excluding ortho intramolecular Hbond substituents is 2. The summed E-state index contributed by atoms with van der Waals surface area (Å²) < 4.78 is 0. The Kier molecular flexibility index (Phi) is 6.94. The summed E-state index contributed by atoms with van der Waals surface area (Å²) in [5.74, 6) is 0.407. The second kappa shape index (κ2) is 8.60. The molecule has 0 aliphatic heterocycles. The summed E-state index contributed by atoms with van der Waals surface area (Å²) in [5.41, 5.74) is 0.598. The van der Waals surface area contributed by atoms with Gasteiger partial charge in [0.05, 0.1) is 12.1 Å². The fourth-order valence-corrected chi connectivity index (χ4v) is 4.44. The maximum atomic E-state index is 11.2. The van der Waals surface area contributed by atoms with Crippen LogP contribution in [0.15, 0.2) is 24.3 Å². The third kappa shape index (κ3) is 5.18. The van der Waals surface area contributed by atoms with Crippen molar-refractivity contribution in [2.75, 3.05) is 0 Å². The molecule has 0 saturated heterocycles. The lowest BCUT2D eigenvalue weighted by molar-refractivity contribution is 0.422. The van der Waals surface area contributed by atoms with Crippen LogP contribution in [-0.2, 0) is 27.1 Å². The Hall–Kier alpha value is -2.98. The summed E-state index contributed by atoms with van der Waals surface area (Å²) in [5, 5.41) is 43.6. The maximum absolute atomic E-state index is 11.2. The Balaban J connectivity index is 3.13. The molecule has 0 heterocycles. The summed E-state index contributed by atoms with van der Waals surface area (Å²) in [6.45, 7) is 24.1. The van der Waals surface area contributed by atoms with Gasteiger partial charge in [-0.2, -0.15) is 10.5 Å². The molecule has 0 radical (unpaired) electrons. The van der Waals surface area contributed by atoms with Gasteiger partial charge in [-0.3, -0.25) is 0 Å². The van der Waals surface area contributed by atoms with Crippen LogP contribution < -0.4 is 0 Å². The number of aromatic hydroxyl groups is 2. The van der Waals surface area contributed by atoms with Crippen molar-refractivity contribution in [3.8, 4) is 23.6 Å². The van der Waals surface area contributed by atoms with Crippen LogP contribution in [0.5, 0.6) is 11.5 Å². The molecule has 0 saturated carbocycles. The predicted octanol–water partition coefficient (Wildman–Crippen LogP) is 7.62. The van der Waals surface area contributed by atoms with Gasteiger partial charge in [-0.25, -0.2) is 0 Å². The molecule has 188 valence electrons. The molecule has 4 heteroatoms. The van der Waals surface area contributed by atoms with Crippen LogP contribution in [0.2, 0.25) is 0 Å². The molecule has 0 atom stereocenters. The van der Waals surface area contributed by atoms with E-state index in [9.17, 15) is 20.7 Å². The smallest absolute Gasteiger partial charge is 0.193 e. The molecule has 0 amide bonds. The number of phenols is 2. The zero-order valence-electron chi connectivity index (χ0n) is 23.6. The van der Waals surface area contributed by atoms with E-state index in [0.29, 0.717) is 33.4 Å². The molecule has 0 bridgehead atoms. The lowest BCUT2D eigenvalue weighted by Gasteiger charge is -2.33. The van der Waals surface area contributed by atoms with E-state index in [2.05, 4.69) is 12.1 Å². The third-order valence-electron chi connectivity index (χ3n) is 6.65. The molecule has 0 aliphatic carbocycles. The Labute approximate surface area is 212 Å². The lowest BCUT2D eigenvalue weighted by Crippen LogP contribution is -2.28. The van der Waals surface area contributed by atoms with Gasteiger partial charge in [0.25, 0.3) is 0 Å². The Morgan fingerprint density at radius 2 is 0.686 bits per heavy atom. The van der Waals surface area contributed by atoms with Gasteiger partial charge in [0, 0.05) is 0 Å². The minimum Gasteiger partial charge on any atom is -0.507 e. The van der Waals surface area contributed by atoms with E-state index in [1.165, 1.54) is 0 Å². The molecule has 2 aromatic carbocycles. The fraction of sp³-hybridized carbons (Fsp3) is 0.548. The molecule has 4 nitrogen and oxygen atoms in total. The quantitative estimate of drug-likeness (QED) is 0.468. The van der Waals surface area contributed by atoms with E-state index in [-0.39, 0.29) is 11.5 Å². The van der Waals surface area contributed by atoms with E-state index in [0.717, 1.165) is 0 Å². The van der Waals surface area contributed by atoms with Crippen LogP contribution in [0.25, 0.3) is 0 Å². The average molecular weight is 475 g/mol. The first kappa shape index (κ1) is 28.3. The van der Waals surface area contributed by atoms with Gasteiger partial charge in [0.2, 0.25) is 0 Å². The van der Waals surface area contributed by atoms with Gasteiger partial charge in [-0.05, 0) is 79.3 Å².